The van der Waals surface area contributed by atoms with E-state index in [2.05, 4.69) is 15.5 Å². The average Bonchev–Trinajstić information content (AvgIpc) is 3.52. The molecule has 11 heteroatoms. The van der Waals surface area contributed by atoms with Gasteiger partial charge in [-0.2, -0.15) is 0 Å². The molecule has 0 saturated carbocycles. The van der Waals surface area contributed by atoms with Crippen molar-refractivity contribution in [3.8, 4) is 5.75 Å². The zero-order valence-corrected chi connectivity index (χ0v) is 19.4. The molecule has 1 fully saturated rings. The van der Waals surface area contributed by atoms with E-state index in [0.29, 0.717) is 32.4 Å². The number of amides is 2. The topological polar surface area (TPSA) is 97.6 Å². The van der Waals surface area contributed by atoms with Crippen LogP contribution in [0, 0.1) is 0 Å². The molecule has 1 aliphatic rings. The number of hydrogen-bond donors (Lipinski definition) is 1. The number of carbonyl (C=O) groups excluding carboxylic acids is 2. The highest BCUT2D eigenvalue weighted by molar-refractivity contribution is 8.26. The monoisotopic (exact) mass is 486 g/mol. The summed E-state index contributed by atoms with van der Waals surface area (Å²) in [6.07, 6.45) is 4.11. The number of carbonyl (C=O) groups is 2. The van der Waals surface area contributed by atoms with E-state index in [4.69, 9.17) is 21.4 Å². The minimum absolute atomic E-state index is 0.147. The van der Waals surface area contributed by atoms with Gasteiger partial charge in [-0.1, -0.05) is 54.4 Å². The van der Waals surface area contributed by atoms with E-state index in [1.54, 1.807) is 36.6 Å². The summed E-state index contributed by atoms with van der Waals surface area (Å²) in [6, 6.07) is 10.7. The Bertz CT molecular complexity index is 1160. The Morgan fingerprint density at radius 1 is 1.28 bits per heavy atom. The molecule has 2 amide bonds. The first-order valence-electron chi connectivity index (χ1n) is 9.64. The van der Waals surface area contributed by atoms with Crippen molar-refractivity contribution in [3.05, 3.63) is 63.9 Å². The van der Waals surface area contributed by atoms with Crippen molar-refractivity contribution in [1.29, 1.82) is 0 Å². The second-order valence-electron chi connectivity index (χ2n) is 6.61. The second-order valence-corrected chi connectivity index (χ2v) is 9.35. The quantitative estimate of drug-likeness (QED) is 0.375. The number of benzene rings is 1. The summed E-state index contributed by atoms with van der Waals surface area (Å²) in [7, 11) is 0. The Balaban J connectivity index is 1.32. The van der Waals surface area contributed by atoms with Gasteiger partial charge in [0, 0.05) is 0 Å². The van der Waals surface area contributed by atoms with Gasteiger partial charge < -0.3 is 9.15 Å². The van der Waals surface area contributed by atoms with Crippen LogP contribution >= 0.6 is 35.3 Å². The fourth-order valence-corrected chi connectivity index (χ4v) is 4.71. The lowest BCUT2D eigenvalue weighted by atomic mass is 10.2. The number of furan rings is 1. The lowest BCUT2D eigenvalue weighted by Gasteiger charge is -2.11. The van der Waals surface area contributed by atoms with Gasteiger partial charge in [0.05, 0.1) is 17.7 Å². The Kier molecular flexibility index (Phi) is 6.98. The van der Waals surface area contributed by atoms with E-state index in [1.165, 1.54) is 28.0 Å². The molecule has 32 heavy (non-hydrogen) atoms. The maximum Gasteiger partial charge on any atom is 0.266 e. The van der Waals surface area contributed by atoms with Gasteiger partial charge >= 0.3 is 0 Å². The van der Waals surface area contributed by atoms with Crippen LogP contribution in [0.25, 0.3) is 6.08 Å². The van der Waals surface area contributed by atoms with E-state index in [9.17, 15) is 9.59 Å². The number of aromatic nitrogens is 2. The smallest absolute Gasteiger partial charge is 0.266 e. The lowest BCUT2D eigenvalue weighted by molar-refractivity contribution is -0.122. The largest absolute Gasteiger partial charge is 0.484 e. The Hall–Kier alpha value is -3.02. The predicted octanol–water partition coefficient (Wildman–Crippen LogP) is 4.11. The zero-order valence-electron chi connectivity index (χ0n) is 16.9. The first-order valence-corrected chi connectivity index (χ1v) is 11.7. The third-order valence-electron chi connectivity index (χ3n) is 4.33. The summed E-state index contributed by atoms with van der Waals surface area (Å²) < 4.78 is 11.3. The van der Waals surface area contributed by atoms with Crippen molar-refractivity contribution in [3.63, 3.8) is 0 Å². The predicted molar refractivity (Wildman–Crippen MR) is 127 cm³/mol. The molecule has 0 atom stereocenters. The molecule has 8 nitrogen and oxygen atoms in total. The normalized spacial score (nSPS) is 14.9. The molecule has 0 aliphatic carbocycles. The molecule has 3 heterocycles. The molecule has 1 N–H and O–H groups in total. The molecule has 4 rings (SSSR count). The number of thiocarbonyl (C=S) groups is 1. The second kappa shape index (κ2) is 10.1. The van der Waals surface area contributed by atoms with Crippen LogP contribution < -0.4 is 10.1 Å². The van der Waals surface area contributed by atoms with Crippen LogP contribution in [0.1, 0.15) is 23.3 Å². The first-order chi connectivity index (χ1) is 15.5. The van der Waals surface area contributed by atoms with Crippen molar-refractivity contribution in [2.24, 2.45) is 0 Å². The zero-order chi connectivity index (χ0) is 22.5. The third kappa shape index (κ3) is 5.42. The van der Waals surface area contributed by atoms with Gasteiger partial charge in [-0.3, -0.25) is 19.8 Å². The van der Waals surface area contributed by atoms with Crippen LogP contribution in [-0.4, -0.2) is 37.8 Å². The summed E-state index contributed by atoms with van der Waals surface area (Å²) in [5.74, 6) is 0.739. The molecule has 1 aromatic carbocycles. The Morgan fingerprint density at radius 2 is 2.09 bits per heavy atom. The van der Waals surface area contributed by atoms with Gasteiger partial charge in [-0.15, -0.1) is 10.2 Å². The van der Waals surface area contributed by atoms with Gasteiger partial charge in [0.15, 0.2) is 6.61 Å². The number of nitrogens with one attached hydrogen (secondary N) is 1. The summed E-state index contributed by atoms with van der Waals surface area (Å²) in [5.41, 5.74) is 0.821. The number of thioether (sulfide) groups is 1. The highest BCUT2D eigenvalue weighted by Crippen LogP contribution is 2.33. The van der Waals surface area contributed by atoms with Gasteiger partial charge in [-0.25, -0.2) is 0 Å². The average molecular weight is 487 g/mol. The standard InChI is InChI=1S/C21H18N4O4S3/c1-2-18-23-24-20(32-18)22-17(26)12-29-14-7-5-13(6-8-14)10-16-19(27)25(21(30)31-16)11-15-4-3-9-28-15/h3-10H,2,11-12H2,1H3,(H,22,24,26)/b16-10-. The minimum Gasteiger partial charge on any atom is -0.484 e. The number of hydrogen-bond acceptors (Lipinski definition) is 9. The van der Waals surface area contributed by atoms with Crippen LogP contribution in [0.15, 0.2) is 52.0 Å². The number of nitrogens with zero attached hydrogens (tertiary/aromatic N) is 3. The van der Waals surface area contributed by atoms with Crippen LogP contribution in [0.5, 0.6) is 5.75 Å². The SMILES string of the molecule is CCc1nnc(NC(=O)COc2ccc(/C=C3\SC(=S)N(Cc4ccco4)C3=O)cc2)s1. The fraction of sp³-hybridized carbons (Fsp3) is 0.190. The van der Waals surface area contributed by atoms with Crippen molar-refractivity contribution in [2.45, 2.75) is 19.9 Å². The fourth-order valence-electron chi connectivity index (χ4n) is 2.76. The molecule has 0 spiro atoms. The minimum atomic E-state index is -0.312. The summed E-state index contributed by atoms with van der Waals surface area (Å²) >= 11 is 7.93. The number of aryl methyl sites for hydroxylation is 1. The number of ether oxygens (including phenoxy) is 1. The first kappa shape index (κ1) is 22.2. The molecular formula is C21H18N4O4S3. The Labute approximate surface area is 197 Å². The summed E-state index contributed by atoms with van der Waals surface area (Å²) in [6.45, 7) is 2.13. The molecule has 1 aliphatic heterocycles. The van der Waals surface area contributed by atoms with Gasteiger partial charge in [0.1, 0.15) is 20.8 Å². The highest BCUT2D eigenvalue weighted by Gasteiger charge is 2.32. The van der Waals surface area contributed by atoms with E-state index < -0.39 is 0 Å². The van der Waals surface area contributed by atoms with Crippen LogP contribution in [0.3, 0.4) is 0 Å². The van der Waals surface area contributed by atoms with Crippen molar-refractivity contribution in [1.82, 2.24) is 15.1 Å². The van der Waals surface area contributed by atoms with Crippen molar-refractivity contribution < 1.29 is 18.7 Å². The van der Waals surface area contributed by atoms with Gasteiger partial charge in [0.2, 0.25) is 5.13 Å². The van der Waals surface area contributed by atoms with Crippen molar-refractivity contribution in [2.75, 3.05) is 11.9 Å². The Morgan fingerprint density at radius 3 is 2.78 bits per heavy atom. The maximum atomic E-state index is 12.7. The molecule has 2 aromatic heterocycles. The molecule has 0 unspecified atom stereocenters. The molecule has 1 saturated heterocycles. The summed E-state index contributed by atoms with van der Waals surface area (Å²) in [4.78, 5) is 26.8. The van der Waals surface area contributed by atoms with Crippen molar-refractivity contribution >= 4 is 62.7 Å². The van der Waals surface area contributed by atoms with Gasteiger partial charge in [-0.05, 0) is 42.3 Å². The molecule has 0 bridgehead atoms. The van der Waals surface area contributed by atoms with Crippen LogP contribution in [-0.2, 0) is 22.6 Å². The van der Waals surface area contributed by atoms with Crippen LogP contribution in [0.4, 0.5) is 5.13 Å². The maximum absolute atomic E-state index is 12.7. The van der Waals surface area contributed by atoms with E-state index in [1.807, 2.05) is 19.1 Å². The highest BCUT2D eigenvalue weighted by atomic mass is 32.2. The van der Waals surface area contributed by atoms with E-state index in [0.717, 1.165) is 17.0 Å². The number of anilines is 1. The lowest BCUT2D eigenvalue weighted by Crippen LogP contribution is -2.27. The van der Waals surface area contributed by atoms with E-state index >= 15 is 0 Å². The summed E-state index contributed by atoms with van der Waals surface area (Å²) in [5, 5.41) is 11.8. The molecular weight excluding hydrogens is 468 g/mol. The van der Waals surface area contributed by atoms with Crippen LogP contribution in [0.2, 0.25) is 0 Å². The number of rotatable bonds is 8. The van der Waals surface area contributed by atoms with E-state index in [-0.39, 0.29) is 18.4 Å². The third-order valence-corrected chi connectivity index (χ3v) is 6.69. The molecule has 0 radical (unpaired) electrons. The van der Waals surface area contributed by atoms with Gasteiger partial charge in [0.25, 0.3) is 11.8 Å². The molecule has 3 aromatic rings. The molecule has 164 valence electrons.